The van der Waals surface area contributed by atoms with E-state index in [0.717, 1.165) is 17.1 Å². The van der Waals surface area contributed by atoms with E-state index in [1.165, 1.54) is 7.11 Å². The summed E-state index contributed by atoms with van der Waals surface area (Å²) < 4.78 is 17.6. The van der Waals surface area contributed by atoms with Crippen LogP contribution in [0.1, 0.15) is 21.7 Å². The minimum absolute atomic E-state index is 0.370. The molecule has 0 fully saturated rings. The van der Waals surface area contributed by atoms with Gasteiger partial charge < -0.3 is 24.1 Å². The summed E-state index contributed by atoms with van der Waals surface area (Å²) in [6.07, 6.45) is 0. The van der Waals surface area contributed by atoms with Gasteiger partial charge in [0.1, 0.15) is 11.5 Å². The highest BCUT2D eigenvalue weighted by molar-refractivity contribution is 5.96. The lowest BCUT2D eigenvalue weighted by Gasteiger charge is -2.12. The SMILES string of the molecule is COc1ccc(NC(=O)COC(=O)c2cccc(-n3c(C)ccc3C)c2)c(OC)c1. The number of esters is 1. The van der Waals surface area contributed by atoms with Gasteiger partial charge in [-0.25, -0.2) is 4.79 Å². The highest BCUT2D eigenvalue weighted by Gasteiger charge is 2.14. The number of anilines is 1. The highest BCUT2D eigenvalue weighted by Crippen LogP contribution is 2.29. The van der Waals surface area contributed by atoms with E-state index in [9.17, 15) is 9.59 Å². The van der Waals surface area contributed by atoms with Gasteiger partial charge in [-0.2, -0.15) is 0 Å². The average molecular weight is 408 g/mol. The largest absolute Gasteiger partial charge is 0.497 e. The number of ether oxygens (including phenoxy) is 3. The maximum atomic E-state index is 12.4. The molecule has 30 heavy (non-hydrogen) atoms. The lowest BCUT2D eigenvalue weighted by Crippen LogP contribution is -2.21. The summed E-state index contributed by atoms with van der Waals surface area (Å²) in [5, 5.41) is 2.67. The van der Waals surface area contributed by atoms with Crippen molar-refractivity contribution < 1.29 is 23.8 Å². The van der Waals surface area contributed by atoms with E-state index < -0.39 is 18.5 Å². The number of hydrogen-bond acceptors (Lipinski definition) is 5. The predicted octanol–water partition coefficient (Wildman–Crippen LogP) is 3.91. The first kappa shape index (κ1) is 21.0. The summed E-state index contributed by atoms with van der Waals surface area (Å²) >= 11 is 0. The van der Waals surface area contributed by atoms with Gasteiger partial charge >= 0.3 is 5.97 Å². The van der Waals surface area contributed by atoms with E-state index in [4.69, 9.17) is 14.2 Å². The number of nitrogens with zero attached hydrogens (tertiary/aromatic N) is 1. The van der Waals surface area contributed by atoms with Crippen molar-refractivity contribution >= 4 is 17.6 Å². The number of carbonyl (C=O) groups excluding carboxylic acids is 2. The Labute approximate surface area is 175 Å². The monoisotopic (exact) mass is 408 g/mol. The van der Waals surface area contributed by atoms with Crippen molar-refractivity contribution in [3.05, 3.63) is 71.5 Å². The fourth-order valence-electron chi connectivity index (χ4n) is 3.15. The van der Waals surface area contributed by atoms with Crippen LogP contribution in [0.2, 0.25) is 0 Å². The number of hydrogen-bond donors (Lipinski definition) is 1. The van der Waals surface area contributed by atoms with E-state index in [2.05, 4.69) is 5.32 Å². The molecule has 7 nitrogen and oxygen atoms in total. The summed E-state index contributed by atoms with van der Waals surface area (Å²) in [6.45, 7) is 3.57. The molecule has 1 aromatic heterocycles. The number of rotatable bonds is 7. The summed E-state index contributed by atoms with van der Waals surface area (Å²) in [5.74, 6) is -0.000239. The van der Waals surface area contributed by atoms with Gasteiger partial charge in [0.15, 0.2) is 6.61 Å². The van der Waals surface area contributed by atoms with Crippen molar-refractivity contribution in [1.82, 2.24) is 4.57 Å². The number of carbonyl (C=O) groups is 2. The summed E-state index contributed by atoms with van der Waals surface area (Å²) in [5.41, 5.74) is 3.81. The molecule has 2 aromatic carbocycles. The van der Waals surface area contributed by atoms with E-state index in [1.807, 2.05) is 36.6 Å². The molecule has 0 aliphatic rings. The smallest absolute Gasteiger partial charge is 0.338 e. The van der Waals surface area contributed by atoms with Crippen molar-refractivity contribution in [2.75, 3.05) is 26.1 Å². The van der Waals surface area contributed by atoms with Gasteiger partial charge in [0.05, 0.1) is 25.5 Å². The molecule has 156 valence electrons. The van der Waals surface area contributed by atoms with Crippen LogP contribution in [0.5, 0.6) is 11.5 Å². The zero-order valence-corrected chi connectivity index (χ0v) is 17.4. The molecule has 0 saturated carbocycles. The summed E-state index contributed by atoms with van der Waals surface area (Å²) in [7, 11) is 3.03. The van der Waals surface area contributed by atoms with Crippen molar-refractivity contribution in [2.45, 2.75) is 13.8 Å². The molecule has 1 N–H and O–H groups in total. The van der Waals surface area contributed by atoms with Gasteiger partial charge in [-0.05, 0) is 56.3 Å². The van der Waals surface area contributed by atoms with E-state index in [0.29, 0.717) is 22.7 Å². The van der Waals surface area contributed by atoms with Gasteiger partial charge in [-0.1, -0.05) is 6.07 Å². The van der Waals surface area contributed by atoms with Crippen molar-refractivity contribution in [1.29, 1.82) is 0 Å². The van der Waals surface area contributed by atoms with E-state index in [1.54, 1.807) is 43.5 Å². The second-order valence-electron chi connectivity index (χ2n) is 6.69. The predicted molar refractivity (Wildman–Crippen MR) is 114 cm³/mol. The number of amides is 1. The molecule has 7 heteroatoms. The Bertz CT molecular complexity index is 1050. The van der Waals surface area contributed by atoms with E-state index in [-0.39, 0.29) is 0 Å². The molecule has 0 saturated heterocycles. The molecular weight excluding hydrogens is 384 g/mol. The zero-order chi connectivity index (χ0) is 21.7. The lowest BCUT2D eigenvalue weighted by atomic mass is 10.2. The quantitative estimate of drug-likeness (QED) is 0.600. The van der Waals surface area contributed by atoms with Crippen LogP contribution in [-0.4, -0.2) is 37.3 Å². The molecule has 3 aromatic rings. The molecule has 0 atom stereocenters. The molecule has 0 aliphatic heterocycles. The maximum absolute atomic E-state index is 12.4. The molecule has 3 rings (SSSR count). The third-order valence-corrected chi connectivity index (χ3v) is 4.63. The van der Waals surface area contributed by atoms with Gasteiger partial charge in [0, 0.05) is 23.1 Å². The normalized spacial score (nSPS) is 10.4. The van der Waals surface area contributed by atoms with Crippen molar-refractivity contribution in [3.8, 4) is 17.2 Å². The second-order valence-corrected chi connectivity index (χ2v) is 6.69. The Kier molecular flexibility index (Phi) is 6.41. The zero-order valence-electron chi connectivity index (χ0n) is 17.4. The summed E-state index contributed by atoms with van der Waals surface area (Å²) in [6, 6.07) is 16.1. The Morgan fingerprint density at radius 2 is 1.67 bits per heavy atom. The molecule has 1 amide bonds. The number of methoxy groups -OCH3 is 2. The van der Waals surface area contributed by atoms with Gasteiger partial charge in [-0.15, -0.1) is 0 Å². The van der Waals surface area contributed by atoms with Crippen LogP contribution in [0.25, 0.3) is 5.69 Å². The average Bonchev–Trinajstić information content (AvgIpc) is 3.10. The summed E-state index contributed by atoms with van der Waals surface area (Å²) in [4.78, 5) is 24.7. The third kappa shape index (κ3) is 4.63. The van der Waals surface area contributed by atoms with Gasteiger partial charge in [-0.3, -0.25) is 4.79 Å². The second kappa shape index (κ2) is 9.17. The topological polar surface area (TPSA) is 78.8 Å². The van der Waals surface area contributed by atoms with Crippen LogP contribution in [0.15, 0.2) is 54.6 Å². The molecule has 0 spiro atoms. The molecule has 0 aliphatic carbocycles. The van der Waals surface area contributed by atoms with Crippen LogP contribution >= 0.6 is 0 Å². The van der Waals surface area contributed by atoms with Crippen LogP contribution in [0, 0.1) is 13.8 Å². The van der Waals surface area contributed by atoms with Crippen molar-refractivity contribution in [2.24, 2.45) is 0 Å². The molecular formula is C23H24N2O5. The number of benzene rings is 2. The minimum Gasteiger partial charge on any atom is -0.497 e. The van der Waals surface area contributed by atoms with Gasteiger partial charge in [0.2, 0.25) is 0 Å². The van der Waals surface area contributed by atoms with Crippen LogP contribution < -0.4 is 14.8 Å². The van der Waals surface area contributed by atoms with E-state index >= 15 is 0 Å². The van der Waals surface area contributed by atoms with Crippen LogP contribution in [0.3, 0.4) is 0 Å². The standard InChI is InChI=1S/C23H24N2O5/c1-15-8-9-16(2)25(15)18-7-5-6-17(12-18)23(27)30-14-22(26)24-20-11-10-19(28-3)13-21(20)29-4/h5-13H,14H2,1-4H3,(H,24,26). The molecule has 0 unspecified atom stereocenters. The fourth-order valence-corrected chi connectivity index (χ4v) is 3.15. The first-order chi connectivity index (χ1) is 14.4. The highest BCUT2D eigenvalue weighted by atomic mass is 16.5. The maximum Gasteiger partial charge on any atom is 0.338 e. The molecule has 0 bridgehead atoms. The third-order valence-electron chi connectivity index (χ3n) is 4.63. The molecule has 1 heterocycles. The van der Waals surface area contributed by atoms with Crippen LogP contribution in [0.4, 0.5) is 5.69 Å². The van der Waals surface area contributed by atoms with Crippen LogP contribution in [-0.2, 0) is 9.53 Å². The minimum atomic E-state index is -0.573. The number of aromatic nitrogens is 1. The number of aryl methyl sites for hydroxylation is 2. The Morgan fingerprint density at radius 3 is 2.33 bits per heavy atom. The number of nitrogens with one attached hydrogen (secondary N) is 1. The Morgan fingerprint density at radius 1 is 0.933 bits per heavy atom. The first-order valence-corrected chi connectivity index (χ1v) is 9.37. The van der Waals surface area contributed by atoms with Crippen molar-refractivity contribution in [3.63, 3.8) is 0 Å². The van der Waals surface area contributed by atoms with Gasteiger partial charge in [0.25, 0.3) is 5.91 Å². The molecule has 0 radical (unpaired) electrons. The Hall–Kier alpha value is -3.74. The fraction of sp³-hybridized carbons (Fsp3) is 0.217. The first-order valence-electron chi connectivity index (χ1n) is 9.37. The Balaban J connectivity index is 1.65. The lowest BCUT2D eigenvalue weighted by molar-refractivity contribution is -0.119.